The normalized spacial score (nSPS) is 14.5. The fraction of sp³-hybridized carbons (Fsp3) is 0.550. The number of aldehydes is 1. The van der Waals surface area contributed by atoms with Crippen molar-refractivity contribution in [1.82, 2.24) is 0 Å². The predicted molar refractivity (Wildman–Crippen MR) is 108 cm³/mol. The Morgan fingerprint density at radius 1 is 1.14 bits per heavy atom. The van der Waals surface area contributed by atoms with Gasteiger partial charge in [-0.05, 0) is 44.4 Å². The Morgan fingerprint density at radius 2 is 1.79 bits per heavy atom. The molecule has 8 nitrogen and oxygen atoms in total. The SMILES string of the molecule is NC1CCCCC1.NCCCC[C@H](N)C(=O)O.O=Cc1cccc(C(=O)O)c1. The molecule has 2 rings (SSSR count). The Hall–Kier alpha value is -2.29. The minimum atomic E-state index is -1.02. The molecule has 28 heavy (non-hydrogen) atoms. The number of carbonyl (C=O) groups excluding carboxylic acids is 1. The number of hydrogen-bond donors (Lipinski definition) is 5. The van der Waals surface area contributed by atoms with E-state index in [0.29, 0.717) is 30.9 Å². The van der Waals surface area contributed by atoms with Crippen LogP contribution in [-0.4, -0.2) is 47.1 Å². The van der Waals surface area contributed by atoms with E-state index in [0.717, 1.165) is 12.8 Å². The standard InChI is InChI=1S/C8H6O3.C6H14N2O2.C6H13N/c9-5-6-2-1-3-7(4-6)8(10)11;7-4-2-1-3-5(8)6(9)10;7-6-4-2-1-3-5-6/h1-5H,(H,10,11);5H,1-4,7-8H2,(H,9,10);6H,1-5,7H2/t;5-;/m.0./s1. The molecule has 0 spiro atoms. The summed E-state index contributed by atoms with van der Waals surface area (Å²) in [6.45, 7) is 0.604. The molecular formula is C20H33N3O5. The van der Waals surface area contributed by atoms with Gasteiger partial charge in [0.25, 0.3) is 0 Å². The Morgan fingerprint density at radius 3 is 2.21 bits per heavy atom. The van der Waals surface area contributed by atoms with Crippen LogP contribution in [0.5, 0.6) is 0 Å². The first-order chi connectivity index (χ1) is 13.3. The summed E-state index contributed by atoms with van der Waals surface area (Å²) in [5.74, 6) is -1.95. The molecule has 1 aromatic carbocycles. The zero-order valence-electron chi connectivity index (χ0n) is 16.3. The topological polar surface area (TPSA) is 170 Å². The zero-order valence-corrected chi connectivity index (χ0v) is 16.3. The summed E-state index contributed by atoms with van der Waals surface area (Å²) in [6, 6.07) is 5.68. The van der Waals surface area contributed by atoms with Gasteiger partial charge in [0.05, 0.1) is 5.56 Å². The van der Waals surface area contributed by atoms with E-state index in [1.807, 2.05) is 0 Å². The molecule has 8 heteroatoms. The van der Waals surface area contributed by atoms with E-state index in [1.165, 1.54) is 50.3 Å². The molecule has 158 valence electrons. The van der Waals surface area contributed by atoms with Crippen molar-refractivity contribution < 1.29 is 24.6 Å². The van der Waals surface area contributed by atoms with Crippen LogP contribution in [0.3, 0.4) is 0 Å². The van der Waals surface area contributed by atoms with Crippen molar-refractivity contribution in [1.29, 1.82) is 0 Å². The minimum absolute atomic E-state index is 0.134. The van der Waals surface area contributed by atoms with Crippen LogP contribution in [0.15, 0.2) is 24.3 Å². The van der Waals surface area contributed by atoms with E-state index in [-0.39, 0.29) is 5.56 Å². The van der Waals surface area contributed by atoms with Crippen molar-refractivity contribution in [3.05, 3.63) is 35.4 Å². The van der Waals surface area contributed by atoms with Crippen LogP contribution in [0.1, 0.15) is 72.1 Å². The van der Waals surface area contributed by atoms with Gasteiger partial charge in [0.1, 0.15) is 12.3 Å². The van der Waals surface area contributed by atoms with Crippen molar-refractivity contribution in [2.24, 2.45) is 17.2 Å². The average Bonchev–Trinajstić information content (AvgIpc) is 2.69. The molecule has 8 N–H and O–H groups in total. The maximum atomic E-state index is 10.4. The predicted octanol–water partition coefficient (Wildman–Crippen LogP) is 2.00. The summed E-state index contributed by atoms with van der Waals surface area (Å²) >= 11 is 0. The Bertz CT molecular complexity index is 589. The molecule has 1 saturated carbocycles. The van der Waals surface area contributed by atoms with Gasteiger partial charge in [-0.2, -0.15) is 0 Å². The lowest BCUT2D eigenvalue weighted by molar-refractivity contribution is -0.138. The maximum absolute atomic E-state index is 10.4. The quantitative estimate of drug-likeness (QED) is 0.345. The van der Waals surface area contributed by atoms with Crippen LogP contribution in [0, 0.1) is 0 Å². The van der Waals surface area contributed by atoms with E-state index < -0.39 is 18.0 Å². The number of nitrogens with two attached hydrogens (primary N) is 3. The smallest absolute Gasteiger partial charge is 0.335 e. The average molecular weight is 396 g/mol. The number of aliphatic carboxylic acids is 1. The fourth-order valence-corrected chi connectivity index (χ4v) is 2.51. The minimum Gasteiger partial charge on any atom is -0.480 e. The molecule has 0 unspecified atom stereocenters. The first-order valence-corrected chi connectivity index (χ1v) is 9.54. The van der Waals surface area contributed by atoms with Gasteiger partial charge in [0.15, 0.2) is 0 Å². The van der Waals surface area contributed by atoms with E-state index in [9.17, 15) is 14.4 Å². The van der Waals surface area contributed by atoms with Crippen LogP contribution in [0.25, 0.3) is 0 Å². The summed E-state index contributed by atoms with van der Waals surface area (Å²) in [7, 11) is 0. The number of benzene rings is 1. The largest absolute Gasteiger partial charge is 0.480 e. The van der Waals surface area contributed by atoms with Gasteiger partial charge >= 0.3 is 11.9 Å². The van der Waals surface area contributed by atoms with Gasteiger partial charge in [-0.15, -0.1) is 0 Å². The number of carboxylic acid groups (broad SMARTS) is 2. The van der Waals surface area contributed by atoms with Crippen molar-refractivity contribution in [3.63, 3.8) is 0 Å². The van der Waals surface area contributed by atoms with Gasteiger partial charge in [-0.1, -0.05) is 37.8 Å². The molecular weight excluding hydrogens is 362 g/mol. The van der Waals surface area contributed by atoms with Gasteiger partial charge in [-0.25, -0.2) is 4.79 Å². The van der Waals surface area contributed by atoms with Crippen LogP contribution in [0.2, 0.25) is 0 Å². The second-order valence-corrected chi connectivity index (χ2v) is 6.68. The summed E-state index contributed by atoms with van der Waals surface area (Å²) in [4.78, 5) is 30.7. The number of unbranched alkanes of at least 4 members (excludes halogenated alkanes) is 1. The van der Waals surface area contributed by atoms with Gasteiger partial charge in [-0.3, -0.25) is 9.59 Å². The molecule has 1 aromatic rings. The number of carboxylic acids is 2. The van der Waals surface area contributed by atoms with Crippen LogP contribution in [0.4, 0.5) is 0 Å². The molecule has 1 aliphatic rings. The number of rotatable bonds is 7. The van der Waals surface area contributed by atoms with Crippen molar-refractivity contribution >= 4 is 18.2 Å². The fourth-order valence-electron chi connectivity index (χ4n) is 2.51. The Balaban J connectivity index is 0.000000400. The van der Waals surface area contributed by atoms with E-state index in [2.05, 4.69) is 0 Å². The molecule has 0 heterocycles. The molecule has 0 aromatic heterocycles. The molecule has 1 fully saturated rings. The van der Waals surface area contributed by atoms with Gasteiger partial charge in [0.2, 0.25) is 0 Å². The lowest BCUT2D eigenvalue weighted by Crippen LogP contribution is -2.29. The first-order valence-electron chi connectivity index (χ1n) is 9.54. The monoisotopic (exact) mass is 395 g/mol. The summed E-state index contributed by atoms with van der Waals surface area (Å²) in [5, 5.41) is 16.8. The van der Waals surface area contributed by atoms with Crippen LogP contribution in [-0.2, 0) is 4.79 Å². The van der Waals surface area contributed by atoms with E-state index in [4.69, 9.17) is 27.4 Å². The van der Waals surface area contributed by atoms with E-state index >= 15 is 0 Å². The highest BCUT2D eigenvalue weighted by Gasteiger charge is 2.09. The highest BCUT2D eigenvalue weighted by Crippen LogP contribution is 2.14. The van der Waals surface area contributed by atoms with Crippen molar-refractivity contribution in [2.45, 2.75) is 63.5 Å². The molecule has 0 saturated heterocycles. The number of aromatic carboxylic acids is 1. The third-order valence-electron chi connectivity index (χ3n) is 4.21. The lowest BCUT2D eigenvalue weighted by atomic mass is 9.97. The first kappa shape index (κ1) is 25.7. The number of carbonyl (C=O) groups is 3. The third-order valence-corrected chi connectivity index (χ3v) is 4.21. The molecule has 0 aliphatic heterocycles. The molecule has 1 atom stereocenters. The summed E-state index contributed by atoms with van der Waals surface area (Å²) < 4.78 is 0. The molecule has 0 bridgehead atoms. The van der Waals surface area contributed by atoms with Crippen LogP contribution < -0.4 is 17.2 Å². The lowest BCUT2D eigenvalue weighted by Gasteiger charge is -2.15. The molecule has 1 aliphatic carbocycles. The highest BCUT2D eigenvalue weighted by molar-refractivity contribution is 5.90. The second-order valence-electron chi connectivity index (χ2n) is 6.68. The van der Waals surface area contributed by atoms with Crippen molar-refractivity contribution in [3.8, 4) is 0 Å². The zero-order chi connectivity index (χ0) is 21.4. The second kappa shape index (κ2) is 15.7. The molecule has 0 radical (unpaired) electrons. The van der Waals surface area contributed by atoms with Crippen molar-refractivity contribution in [2.75, 3.05) is 6.54 Å². The Labute approximate surface area is 166 Å². The maximum Gasteiger partial charge on any atom is 0.335 e. The van der Waals surface area contributed by atoms with Crippen LogP contribution >= 0.6 is 0 Å². The van der Waals surface area contributed by atoms with Gasteiger partial charge in [0, 0.05) is 11.6 Å². The Kier molecular flexibility index (Phi) is 14.5. The molecule has 0 amide bonds. The summed E-state index contributed by atoms with van der Waals surface area (Å²) in [6.07, 6.45) is 9.44. The number of hydrogen-bond acceptors (Lipinski definition) is 6. The third kappa shape index (κ3) is 13.0. The highest BCUT2D eigenvalue weighted by atomic mass is 16.4. The van der Waals surface area contributed by atoms with Gasteiger partial charge < -0.3 is 27.4 Å². The summed E-state index contributed by atoms with van der Waals surface area (Å²) in [5.41, 5.74) is 16.6. The van der Waals surface area contributed by atoms with E-state index in [1.54, 1.807) is 6.07 Å².